The molecule has 3 aromatic rings. The predicted molar refractivity (Wildman–Crippen MR) is 114 cm³/mol. The van der Waals surface area contributed by atoms with E-state index in [0.717, 1.165) is 4.31 Å². The molecule has 0 unspecified atom stereocenters. The van der Waals surface area contributed by atoms with Gasteiger partial charge in [-0.25, -0.2) is 8.42 Å². The Morgan fingerprint density at radius 1 is 0.833 bits per heavy atom. The Labute approximate surface area is 179 Å². The number of anilines is 1. The lowest BCUT2D eigenvalue weighted by Crippen LogP contribution is -2.37. The number of rotatable bonds is 8. The maximum Gasteiger partial charge on any atom is 0.327 e. The molecule has 154 valence electrons. The van der Waals surface area contributed by atoms with Crippen molar-refractivity contribution < 1.29 is 22.7 Å². The van der Waals surface area contributed by atoms with Gasteiger partial charge in [0.1, 0.15) is 6.54 Å². The Balaban J connectivity index is 1.79. The van der Waals surface area contributed by atoms with E-state index in [1.165, 1.54) is 24.3 Å². The van der Waals surface area contributed by atoms with Gasteiger partial charge in [-0.1, -0.05) is 60.1 Å². The van der Waals surface area contributed by atoms with E-state index in [-0.39, 0.29) is 10.7 Å². The number of sulfonamides is 1. The second-order valence-corrected chi connectivity index (χ2v) is 8.55. The highest BCUT2D eigenvalue weighted by Crippen LogP contribution is 2.24. The first-order valence-electron chi connectivity index (χ1n) is 8.95. The smallest absolute Gasteiger partial charge is 0.327 e. The zero-order chi connectivity index (χ0) is 21.6. The SMILES string of the molecule is O=C(CN(c1ccccc1)S(=O)(=O)c1ccc(Cl)cc1)OCC(=O)c1ccccc1. The first-order valence-corrected chi connectivity index (χ1v) is 10.8. The van der Waals surface area contributed by atoms with E-state index in [1.54, 1.807) is 60.7 Å². The van der Waals surface area contributed by atoms with Crippen molar-refractivity contribution in [2.24, 2.45) is 0 Å². The molecule has 0 atom stereocenters. The van der Waals surface area contributed by atoms with Crippen LogP contribution in [0.2, 0.25) is 5.02 Å². The molecule has 0 heterocycles. The number of hydrogen-bond acceptors (Lipinski definition) is 5. The van der Waals surface area contributed by atoms with Crippen LogP contribution in [0.4, 0.5) is 5.69 Å². The van der Waals surface area contributed by atoms with E-state index in [2.05, 4.69) is 0 Å². The average Bonchev–Trinajstić information content (AvgIpc) is 2.77. The van der Waals surface area contributed by atoms with E-state index < -0.39 is 29.1 Å². The zero-order valence-corrected chi connectivity index (χ0v) is 17.3. The van der Waals surface area contributed by atoms with Crippen LogP contribution < -0.4 is 4.31 Å². The Morgan fingerprint density at radius 3 is 2.00 bits per heavy atom. The van der Waals surface area contributed by atoms with Crippen LogP contribution in [0.15, 0.2) is 89.8 Å². The number of hydrogen-bond donors (Lipinski definition) is 0. The predicted octanol–water partition coefficient (Wildman–Crippen LogP) is 3.96. The lowest BCUT2D eigenvalue weighted by Gasteiger charge is -2.23. The molecule has 0 aromatic heterocycles. The number of nitrogens with zero attached hydrogens (tertiary/aromatic N) is 1. The molecule has 0 aliphatic rings. The van der Waals surface area contributed by atoms with E-state index in [4.69, 9.17) is 16.3 Å². The molecule has 3 rings (SSSR count). The van der Waals surface area contributed by atoms with Gasteiger partial charge in [0.05, 0.1) is 10.6 Å². The zero-order valence-electron chi connectivity index (χ0n) is 15.8. The number of carbonyl (C=O) groups excluding carboxylic acids is 2. The summed E-state index contributed by atoms with van der Waals surface area (Å²) in [4.78, 5) is 24.5. The quantitative estimate of drug-likeness (QED) is 0.389. The molecule has 8 heteroatoms. The molecule has 0 saturated heterocycles. The van der Waals surface area contributed by atoms with E-state index in [1.807, 2.05) is 0 Å². The molecule has 0 aliphatic carbocycles. The van der Waals surface area contributed by atoms with E-state index >= 15 is 0 Å². The van der Waals surface area contributed by atoms with Gasteiger partial charge in [-0.3, -0.25) is 13.9 Å². The molecule has 0 radical (unpaired) electrons. The fourth-order valence-corrected chi connectivity index (χ4v) is 4.19. The van der Waals surface area contributed by atoms with Gasteiger partial charge in [-0.15, -0.1) is 0 Å². The van der Waals surface area contributed by atoms with Gasteiger partial charge >= 0.3 is 5.97 Å². The van der Waals surface area contributed by atoms with Gasteiger partial charge in [-0.2, -0.15) is 0 Å². The number of ketones is 1. The molecule has 0 spiro atoms. The van der Waals surface area contributed by atoms with Crippen molar-refractivity contribution in [3.05, 3.63) is 95.5 Å². The summed E-state index contributed by atoms with van der Waals surface area (Å²) < 4.78 is 32.3. The summed E-state index contributed by atoms with van der Waals surface area (Å²) in [6.07, 6.45) is 0. The van der Waals surface area contributed by atoms with Crippen LogP contribution >= 0.6 is 11.6 Å². The summed E-state index contributed by atoms with van der Waals surface area (Å²) in [5, 5.41) is 0.388. The third-order valence-corrected chi connectivity index (χ3v) is 6.22. The molecule has 3 aromatic carbocycles. The highest BCUT2D eigenvalue weighted by Gasteiger charge is 2.28. The van der Waals surface area contributed by atoms with Crippen LogP contribution in [-0.2, 0) is 19.6 Å². The van der Waals surface area contributed by atoms with E-state index in [0.29, 0.717) is 16.3 Å². The molecule has 30 heavy (non-hydrogen) atoms. The topological polar surface area (TPSA) is 80.8 Å². The Hall–Kier alpha value is -3.16. The van der Waals surface area contributed by atoms with Crippen LogP contribution in [0.1, 0.15) is 10.4 Å². The summed E-state index contributed by atoms with van der Waals surface area (Å²) in [6.45, 7) is -1.07. The molecule has 0 amide bonds. The minimum atomic E-state index is -4.07. The third-order valence-electron chi connectivity index (χ3n) is 4.18. The van der Waals surface area contributed by atoms with E-state index in [9.17, 15) is 18.0 Å². The number of ether oxygens (including phenoxy) is 1. The minimum absolute atomic E-state index is 0.0242. The second kappa shape index (κ2) is 9.56. The van der Waals surface area contributed by atoms with Crippen molar-refractivity contribution in [3.63, 3.8) is 0 Å². The summed E-state index contributed by atoms with van der Waals surface area (Å²) in [5.41, 5.74) is 0.692. The largest absolute Gasteiger partial charge is 0.456 e. The summed E-state index contributed by atoms with van der Waals surface area (Å²) >= 11 is 5.85. The maximum atomic E-state index is 13.1. The highest BCUT2D eigenvalue weighted by atomic mass is 35.5. The van der Waals surface area contributed by atoms with Gasteiger partial charge in [-0.05, 0) is 36.4 Å². The molecule has 0 bridgehead atoms. The molecule has 6 nitrogen and oxygen atoms in total. The average molecular weight is 444 g/mol. The number of halogens is 1. The number of carbonyl (C=O) groups is 2. The monoisotopic (exact) mass is 443 g/mol. The fourth-order valence-electron chi connectivity index (χ4n) is 2.66. The van der Waals surface area contributed by atoms with Crippen LogP contribution in [0.25, 0.3) is 0 Å². The lowest BCUT2D eigenvalue weighted by molar-refractivity contribution is -0.140. The molecule has 0 aliphatic heterocycles. The van der Waals surface area contributed by atoms with Crippen molar-refractivity contribution in [1.82, 2.24) is 0 Å². The molecular weight excluding hydrogens is 426 g/mol. The van der Waals surface area contributed by atoms with Crippen LogP contribution in [0, 0.1) is 0 Å². The summed E-state index contributed by atoms with van der Waals surface area (Å²) in [5.74, 6) is -1.23. The number of esters is 1. The number of para-hydroxylation sites is 1. The Morgan fingerprint density at radius 2 is 1.40 bits per heavy atom. The van der Waals surface area contributed by atoms with Gasteiger partial charge in [0.15, 0.2) is 12.4 Å². The fraction of sp³-hybridized carbons (Fsp3) is 0.0909. The normalized spacial score (nSPS) is 11.0. The van der Waals surface area contributed by atoms with Gasteiger partial charge in [0, 0.05) is 10.6 Å². The molecule has 0 saturated carbocycles. The summed E-state index contributed by atoms with van der Waals surface area (Å²) in [7, 11) is -4.07. The lowest BCUT2D eigenvalue weighted by atomic mass is 10.1. The molecule has 0 N–H and O–H groups in total. The van der Waals surface area contributed by atoms with Gasteiger partial charge in [0.2, 0.25) is 0 Å². The van der Waals surface area contributed by atoms with Crippen molar-refractivity contribution in [2.45, 2.75) is 4.90 Å². The number of benzene rings is 3. The Bertz CT molecular complexity index is 1120. The second-order valence-electron chi connectivity index (χ2n) is 6.25. The summed E-state index contributed by atoms with van der Waals surface area (Å²) in [6, 6.07) is 22.2. The van der Waals surface area contributed by atoms with Gasteiger partial charge < -0.3 is 4.74 Å². The van der Waals surface area contributed by atoms with Gasteiger partial charge in [0.25, 0.3) is 10.0 Å². The molecule has 0 fully saturated rings. The first-order chi connectivity index (χ1) is 14.4. The maximum absolute atomic E-state index is 13.1. The van der Waals surface area contributed by atoms with Crippen LogP contribution in [-0.4, -0.2) is 33.3 Å². The van der Waals surface area contributed by atoms with Crippen molar-refractivity contribution in [2.75, 3.05) is 17.5 Å². The highest BCUT2D eigenvalue weighted by molar-refractivity contribution is 7.92. The number of Topliss-reactive ketones (excluding diaryl/α,β-unsaturated/α-hetero) is 1. The van der Waals surface area contributed by atoms with Crippen molar-refractivity contribution >= 4 is 39.1 Å². The van der Waals surface area contributed by atoms with Crippen molar-refractivity contribution in [1.29, 1.82) is 0 Å². The first kappa shape index (κ1) is 21.5. The Kier molecular flexibility index (Phi) is 6.87. The van der Waals surface area contributed by atoms with Crippen LogP contribution in [0.3, 0.4) is 0 Å². The molecular formula is C22H18ClNO5S. The van der Waals surface area contributed by atoms with Crippen LogP contribution in [0.5, 0.6) is 0 Å². The minimum Gasteiger partial charge on any atom is -0.456 e. The third kappa shape index (κ3) is 5.25. The van der Waals surface area contributed by atoms with Crippen molar-refractivity contribution in [3.8, 4) is 0 Å². The standard InChI is InChI=1S/C22H18ClNO5S/c23-18-11-13-20(14-12-18)30(27,28)24(19-9-5-2-6-10-19)15-22(26)29-16-21(25)17-7-3-1-4-8-17/h1-14H,15-16H2.